The summed E-state index contributed by atoms with van der Waals surface area (Å²) < 4.78 is 10.7. The Morgan fingerprint density at radius 1 is 0.932 bits per heavy atom. The van der Waals surface area contributed by atoms with Crippen LogP contribution in [0.2, 0.25) is 0 Å². The summed E-state index contributed by atoms with van der Waals surface area (Å²) in [5.41, 5.74) is 4.08. The van der Waals surface area contributed by atoms with Crippen LogP contribution in [0.1, 0.15) is 36.6 Å². The van der Waals surface area contributed by atoms with Crippen molar-refractivity contribution in [1.29, 1.82) is 0 Å². The van der Waals surface area contributed by atoms with Gasteiger partial charge >= 0.3 is 0 Å². The molecule has 0 spiro atoms. The van der Waals surface area contributed by atoms with Crippen LogP contribution < -0.4 is 14.8 Å². The van der Waals surface area contributed by atoms with E-state index >= 15 is 0 Å². The molecule has 3 aromatic carbocycles. The molecule has 44 heavy (non-hydrogen) atoms. The van der Waals surface area contributed by atoms with Crippen LogP contribution in [0, 0.1) is 0 Å². The van der Waals surface area contributed by atoms with Crippen molar-refractivity contribution >= 4 is 12.3 Å². The summed E-state index contributed by atoms with van der Waals surface area (Å²) in [6.45, 7) is 10.6. The number of benzene rings is 3. The molecule has 2 aliphatic rings. The second kappa shape index (κ2) is 17.1. The number of fused-ring (bicyclic) bond motifs is 1. The van der Waals surface area contributed by atoms with E-state index in [1.165, 1.54) is 5.56 Å². The lowest BCUT2D eigenvalue weighted by Crippen LogP contribution is -2.69. The van der Waals surface area contributed by atoms with Crippen molar-refractivity contribution in [1.82, 2.24) is 25.1 Å². The largest absolute Gasteiger partial charge is 0.493 e. The van der Waals surface area contributed by atoms with Crippen molar-refractivity contribution in [2.24, 2.45) is 0 Å². The van der Waals surface area contributed by atoms with Crippen LogP contribution in [0.5, 0.6) is 11.5 Å². The standard InChI is InChI=1S/C25H30N4O4.C8H11N.C2H6/c1-18-15-26(2)28(17-30)23-16-27(13-12-19-10-11-21(32-3)22(14-19)33-4)25(31)24(29(18)23)20-8-6-5-7-9-20;1-9-7-8-5-3-2-4-6-8;1-2/h5-11,14,17,23-24H,1,12-13,15-16H2,2-4H3;2-6,9H,7H2,1H3;1-2H3/t23?,24-;;/m0../s1. The SMILES string of the molecule is C=C1CN(C)N(C=O)C2CN(CCc3ccc(OC)c(OC)c3)C(=O)[C@H](c3ccccc3)N12.CC.CNCc1ccccc1. The van der Waals surface area contributed by atoms with Crippen molar-refractivity contribution < 1.29 is 19.1 Å². The molecule has 0 aliphatic carbocycles. The highest BCUT2D eigenvalue weighted by Crippen LogP contribution is 2.37. The maximum Gasteiger partial charge on any atom is 0.250 e. The minimum absolute atomic E-state index is 0.00878. The Morgan fingerprint density at radius 3 is 2.16 bits per heavy atom. The molecule has 2 amide bonds. The van der Waals surface area contributed by atoms with Crippen molar-refractivity contribution in [2.75, 3.05) is 47.9 Å². The zero-order valence-corrected chi connectivity index (χ0v) is 26.9. The average Bonchev–Trinajstić information content (AvgIpc) is 3.06. The number of hydrazine groups is 1. The van der Waals surface area contributed by atoms with E-state index in [1.54, 1.807) is 19.2 Å². The lowest BCUT2D eigenvalue weighted by molar-refractivity contribution is -0.180. The molecule has 2 aliphatic heterocycles. The lowest BCUT2D eigenvalue weighted by atomic mass is 9.97. The van der Waals surface area contributed by atoms with Crippen molar-refractivity contribution in [3.63, 3.8) is 0 Å². The molecule has 2 atom stereocenters. The fourth-order valence-corrected chi connectivity index (χ4v) is 5.49. The number of hydrogen-bond acceptors (Lipinski definition) is 7. The first kappa shape index (κ1) is 34.2. The third kappa shape index (κ3) is 8.18. The number of methoxy groups -OCH3 is 2. The Balaban J connectivity index is 0.000000409. The lowest BCUT2D eigenvalue weighted by Gasteiger charge is -2.55. The zero-order valence-electron chi connectivity index (χ0n) is 26.9. The highest BCUT2D eigenvalue weighted by atomic mass is 16.5. The van der Waals surface area contributed by atoms with Gasteiger partial charge in [0.05, 0.1) is 27.3 Å². The number of nitrogens with one attached hydrogen (secondary N) is 1. The number of hydrogen-bond donors (Lipinski definition) is 1. The first-order valence-corrected chi connectivity index (χ1v) is 15.1. The summed E-state index contributed by atoms with van der Waals surface area (Å²) in [6, 6.07) is 25.3. The van der Waals surface area contributed by atoms with Gasteiger partial charge in [0.2, 0.25) is 12.3 Å². The summed E-state index contributed by atoms with van der Waals surface area (Å²) in [5, 5.41) is 6.59. The van der Waals surface area contributed by atoms with Crippen LogP contribution in [-0.4, -0.2) is 86.2 Å². The summed E-state index contributed by atoms with van der Waals surface area (Å²) >= 11 is 0. The third-order valence-electron chi connectivity index (χ3n) is 7.57. The Morgan fingerprint density at radius 2 is 1.57 bits per heavy atom. The van der Waals surface area contributed by atoms with Gasteiger partial charge in [-0.15, -0.1) is 0 Å². The topological polar surface area (TPSA) is 77.6 Å². The van der Waals surface area contributed by atoms with Gasteiger partial charge in [0.25, 0.3) is 0 Å². The monoisotopic (exact) mass is 601 g/mol. The minimum Gasteiger partial charge on any atom is -0.493 e. The van der Waals surface area contributed by atoms with Crippen LogP contribution in [0.15, 0.2) is 91.1 Å². The van der Waals surface area contributed by atoms with Gasteiger partial charge < -0.3 is 24.6 Å². The normalized spacial score (nSPS) is 17.9. The molecular weight excluding hydrogens is 554 g/mol. The predicted molar refractivity (Wildman–Crippen MR) is 175 cm³/mol. The molecule has 9 nitrogen and oxygen atoms in total. The van der Waals surface area contributed by atoms with Crippen LogP contribution in [0.4, 0.5) is 0 Å². The molecule has 1 unspecified atom stereocenters. The molecule has 5 rings (SSSR count). The molecule has 0 aromatic heterocycles. The third-order valence-corrected chi connectivity index (χ3v) is 7.57. The smallest absolute Gasteiger partial charge is 0.250 e. The molecule has 9 heteroatoms. The molecule has 2 heterocycles. The summed E-state index contributed by atoms with van der Waals surface area (Å²) in [7, 11) is 7.02. The average molecular weight is 602 g/mol. The quantitative estimate of drug-likeness (QED) is 0.356. The Bertz CT molecular complexity index is 1340. The van der Waals surface area contributed by atoms with Crippen LogP contribution in [0.25, 0.3) is 0 Å². The molecule has 0 saturated carbocycles. The van der Waals surface area contributed by atoms with Gasteiger partial charge in [0.1, 0.15) is 12.2 Å². The first-order valence-electron chi connectivity index (χ1n) is 15.1. The van der Waals surface area contributed by atoms with E-state index in [0.29, 0.717) is 37.6 Å². The van der Waals surface area contributed by atoms with Gasteiger partial charge in [-0.1, -0.05) is 87.2 Å². The zero-order chi connectivity index (χ0) is 32.1. The number of ether oxygens (including phenoxy) is 2. The molecule has 0 radical (unpaired) electrons. The van der Waals surface area contributed by atoms with Crippen LogP contribution >= 0.6 is 0 Å². The van der Waals surface area contributed by atoms with Crippen molar-refractivity contribution in [3.8, 4) is 11.5 Å². The number of piperazine rings is 1. The number of rotatable bonds is 9. The van der Waals surface area contributed by atoms with E-state index in [1.807, 2.05) is 109 Å². The van der Waals surface area contributed by atoms with E-state index in [0.717, 1.165) is 29.8 Å². The first-order chi connectivity index (χ1) is 21.4. The van der Waals surface area contributed by atoms with Gasteiger partial charge in [0, 0.05) is 25.8 Å². The van der Waals surface area contributed by atoms with E-state index < -0.39 is 6.04 Å². The Hall–Kier alpha value is -4.34. The van der Waals surface area contributed by atoms with E-state index in [9.17, 15) is 9.59 Å². The second-order valence-electron chi connectivity index (χ2n) is 10.3. The van der Waals surface area contributed by atoms with Gasteiger partial charge in [-0.2, -0.15) is 0 Å². The van der Waals surface area contributed by atoms with Crippen molar-refractivity contribution in [2.45, 2.75) is 39.0 Å². The minimum atomic E-state index is -0.529. The van der Waals surface area contributed by atoms with E-state index in [2.05, 4.69) is 24.0 Å². The molecule has 0 bridgehead atoms. The maximum absolute atomic E-state index is 13.7. The number of carbonyl (C=O) groups excluding carboxylic acids is 2. The van der Waals surface area contributed by atoms with E-state index in [-0.39, 0.29) is 12.1 Å². The van der Waals surface area contributed by atoms with Gasteiger partial charge in [-0.25, -0.2) is 5.01 Å². The Labute approximate surface area is 262 Å². The molecule has 2 fully saturated rings. The molecule has 2 saturated heterocycles. The van der Waals surface area contributed by atoms with Gasteiger partial charge in [-0.3, -0.25) is 14.6 Å². The molecule has 3 aromatic rings. The van der Waals surface area contributed by atoms with Gasteiger partial charge in [-0.05, 0) is 42.3 Å². The molecule has 1 N–H and O–H groups in total. The van der Waals surface area contributed by atoms with Crippen LogP contribution in [-0.2, 0) is 22.6 Å². The summed E-state index contributed by atoms with van der Waals surface area (Å²) in [4.78, 5) is 29.5. The summed E-state index contributed by atoms with van der Waals surface area (Å²) in [6.07, 6.45) is 1.16. The number of likely N-dealkylation sites (N-methyl/N-ethyl adjacent to an activating group) is 1. The van der Waals surface area contributed by atoms with E-state index in [4.69, 9.17) is 9.47 Å². The fraction of sp³-hybridized carbons (Fsp3) is 0.371. The maximum atomic E-state index is 13.7. The fourth-order valence-electron chi connectivity index (χ4n) is 5.49. The second-order valence-corrected chi connectivity index (χ2v) is 10.3. The number of carbonyl (C=O) groups is 2. The Kier molecular flexibility index (Phi) is 13.3. The molecular formula is C35H47N5O4. The van der Waals surface area contributed by atoms with Crippen molar-refractivity contribution in [3.05, 3.63) is 108 Å². The number of amides is 2. The van der Waals surface area contributed by atoms with Gasteiger partial charge in [0.15, 0.2) is 11.5 Å². The van der Waals surface area contributed by atoms with Crippen LogP contribution in [0.3, 0.4) is 0 Å². The predicted octanol–water partition coefficient (Wildman–Crippen LogP) is 4.72. The molecule has 236 valence electrons. The highest BCUT2D eigenvalue weighted by Gasteiger charge is 2.47. The number of nitrogens with zero attached hydrogens (tertiary/aromatic N) is 4. The highest BCUT2D eigenvalue weighted by molar-refractivity contribution is 5.85. The summed E-state index contributed by atoms with van der Waals surface area (Å²) in [5.74, 6) is 1.33.